The van der Waals surface area contributed by atoms with E-state index < -0.39 is 29.7 Å². The summed E-state index contributed by atoms with van der Waals surface area (Å²) in [5.74, 6) is -2.61. The molecule has 1 spiro atoms. The van der Waals surface area contributed by atoms with Crippen LogP contribution in [0.15, 0.2) is 36.4 Å². The predicted octanol–water partition coefficient (Wildman–Crippen LogP) is 2.06. The molecule has 1 unspecified atom stereocenters. The summed E-state index contributed by atoms with van der Waals surface area (Å²) in [7, 11) is 0. The quantitative estimate of drug-likeness (QED) is 0.578. The lowest BCUT2D eigenvalue weighted by atomic mass is 9.85. The average Bonchev–Trinajstić information content (AvgIpc) is 3.39. The standard InChI is InChI=1S/C27H27FN4O5/c28-19-10-16(12-31-9-8-27(13-31)14-37-15-27)4-5-17(19)11-29-20-3-1-2-18-23(20)26(36)32(25(18)35)21-6-7-22(33)30-24(21)34/h1-5,10,21,29H,6-9,11-15H2,(H,30,33,34). The first-order valence-corrected chi connectivity index (χ1v) is 12.5. The maximum absolute atomic E-state index is 15.0. The van der Waals surface area contributed by atoms with E-state index in [9.17, 15) is 23.6 Å². The Morgan fingerprint density at radius 2 is 1.95 bits per heavy atom. The monoisotopic (exact) mass is 506 g/mol. The molecule has 2 aromatic carbocycles. The van der Waals surface area contributed by atoms with Crippen molar-refractivity contribution < 1.29 is 28.3 Å². The van der Waals surface area contributed by atoms with Gasteiger partial charge in [-0.05, 0) is 43.1 Å². The van der Waals surface area contributed by atoms with Crippen LogP contribution in [-0.2, 0) is 27.4 Å². The van der Waals surface area contributed by atoms with Gasteiger partial charge in [-0.25, -0.2) is 4.39 Å². The van der Waals surface area contributed by atoms with Gasteiger partial charge in [-0.15, -0.1) is 0 Å². The molecule has 3 fully saturated rings. The number of likely N-dealkylation sites (tertiary alicyclic amines) is 1. The minimum Gasteiger partial charge on any atom is -0.380 e. The van der Waals surface area contributed by atoms with Crippen LogP contribution in [0.5, 0.6) is 0 Å². The lowest BCUT2D eigenvalue weighted by Crippen LogP contribution is -2.54. The molecule has 0 radical (unpaired) electrons. The number of nitrogens with zero attached hydrogens (tertiary/aromatic N) is 2. The molecular weight excluding hydrogens is 479 g/mol. The summed E-state index contributed by atoms with van der Waals surface area (Å²) in [6.07, 6.45) is 1.25. The molecule has 3 saturated heterocycles. The van der Waals surface area contributed by atoms with E-state index in [1.807, 2.05) is 6.07 Å². The molecule has 4 heterocycles. The number of anilines is 1. The molecular formula is C27H27FN4O5. The number of ether oxygens (including phenoxy) is 1. The van der Waals surface area contributed by atoms with Crippen molar-refractivity contribution in [2.75, 3.05) is 31.6 Å². The highest BCUT2D eigenvalue weighted by molar-refractivity contribution is 6.25. The van der Waals surface area contributed by atoms with E-state index in [0.29, 0.717) is 17.8 Å². The summed E-state index contributed by atoms with van der Waals surface area (Å²) in [6.45, 7) is 4.38. The second-order valence-corrected chi connectivity index (χ2v) is 10.4. The second-order valence-electron chi connectivity index (χ2n) is 10.4. The highest BCUT2D eigenvalue weighted by Gasteiger charge is 2.46. The van der Waals surface area contributed by atoms with Crippen molar-refractivity contribution in [2.24, 2.45) is 5.41 Å². The zero-order valence-electron chi connectivity index (χ0n) is 20.2. The van der Waals surface area contributed by atoms with Gasteiger partial charge in [0, 0.05) is 42.7 Å². The lowest BCUT2D eigenvalue weighted by Gasteiger charge is -2.37. The number of carbonyl (C=O) groups excluding carboxylic acids is 4. The van der Waals surface area contributed by atoms with E-state index in [4.69, 9.17) is 4.74 Å². The van der Waals surface area contributed by atoms with Crippen LogP contribution < -0.4 is 10.6 Å². The lowest BCUT2D eigenvalue weighted by molar-refractivity contribution is -0.136. The van der Waals surface area contributed by atoms with Crippen molar-refractivity contribution in [1.82, 2.24) is 15.1 Å². The van der Waals surface area contributed by atoms with Crippen LogP contribution in [-0.4, -0.2) is 65.8 Å². The first kappa shape index (κ1) is 23.7. The molecule has 0 aliphatic carbocycles. The molecule has 2 N–H and O–H groups in total. The summed E-state index contributed by atoms with van der Waals surface area (Å²) in [4.78, 5) is 53.3. The third kappa shape index (κ3) is 4.19. The highest BCUT2D eigenvalue weighted by atomic mass is 19.1. The van der Waals surface area contributed by atoms with E-state index in [-0.39, 0.29) is 41.7 Å². The van der Waals surface area contributed by atoms with Crippen LogP contribution in [0.2, 0.25) is 0 Å². The molecule has 192 valence electrons. The third-order valence-corrected chi connectivity index (χ3v) is 7.79. The zero-order chi connectivity index (χ0) is 25.7. The Morgan fingerprint density at radius 3 is 2.65 bits per heavy atom. The fourth-order valence-electron chi connectivity index (χ4n) is 5.73. The number of hydrogen-bond donors (Lipinski definition) is 2. The van der Waals surface area contributed by atoms with Crippen LogP contribution in [0, 0.1) is 11.2 Å². The number of piperidine rings is 1. The summed E-state index contributed by atoms with van der Waals surface area (Å²) < 4.78 is 20.3. The first-order valence-electron chi connectivity index (χ1n) is 12.5. The molecule has 0 saturated carbocycles. The van der Waals surface area contributed by atoms with E-state index >= 15 is 0 Å². The van der Waals surface area contributed by atoms with Crippen LogP contribution >= 0.6 is 0 Å². The number of nitrogens with one attached hydrogen (secondary N) is 2. The number of hydrogen-bond acceptors (Lipinski definition) is 7. The third-order valence-electron chi connectivity index (χ3n) is 7.79. The van der Waals surface area contributed by atoms with Crippen molar-refractivity contribution in [1.29, 1.82) is 0 Å². The van der Waals surface area contributed by atoms with Gasteiger partial charge >= 0.3 is 0 Å². The molecule has 6 rings (SSSR count). The van der Waals surface area contributed by atoms with Crippen molar-refractivity contribution in [3.63, 3.8) is 0 Å². The summed E-state index contributed by atoms with van der Waals surface area (Å²) in [5, 5.41) is 5.28. The Morgan fingerprint density at radius 1 is 1.11 bits per heavy atom. The molecule has 9 nitrogen and oxygen atoms in total. The Hall–Kier alpha value is -3.63. The number of halogens is 1. The number of fused-ring (bicyclic) bond motifs is 1. The Kier molecular flexibility index (Phi) is 5.80. The largest absolute Gasteiger partial charge is 0.380 e. The number of carbonyl (C=O) groups is 4. The zero-order valence-corrected chi connectivity index (χ0v) is 20.2. The molecule has 0 aromatic heterocycles. The van der Waals surface area contributed by atoms with E-state index in [2.05, 4.69) is 15.5 Å². The fourth-order valence-corrected chi connectivity index (χ4v) is 5.73. The normalized spacial score (nSPS) is 22.8. The minimum atomic E-state index is -1.04. The van der Waals surface area contributed by atoms with Crippen molar-refractivity contribution in [3.8, 4) is 0 Å². The summed E-state index contributed by atoms with van der Waals surface area (Å²) >= 11 is 0. The van der Waals surface area contributed by atoms with E-state index in [0.717, 1.165) is 43.2 Å². The second kappa shape index (κ2) is 9.04. The molecule has 4 aliphatic heterocycles. The summed E-state index contributed by atoms with van der Waals surface area (Å²) in [5.41, 5.74) is 2.34. The molecule has 0 bridgehead atoms. The van der Waals surface area contributed by atoms with Gasteiger partial charge < -0.3 is 10.1 Å². The average molecular weight is 507 g/mol. The van der Waals surface area contributed by atoms with Gasteiger partial charge in [0.2, 0.25) is 11.8 Å². The highest BCUT2D eigenvalue weighted by Crippen LogP contribution is 2.38. The molecule has 10 heteroatoms. The molecule has 37 heavy (non-hydrogen) atoms. The maximum atomic E-state index is 15.0. The number of amides is 4. The van der Waals surface area contributed by atoms with Crippen molar-refractivity contribution >= 4 is 29.3 Å². The Labute approximate surface area is 212 Å². The van der Waals surface area contributed by atoms with Crippen LogP contribution in [0.4, 0.5) is 10.1 Å². The smallest absolute Gasteiger partial charge is 0.264 e. The predicted molar refractivity (Wildman–Crippen MR) is 130 cm³/mol. The fraction of sp³-hybridized carbons (Fsp3) is 0.407. The molecule has 2 aromatic rings. The van der Waals surface area contributed by atoms with Gasteiger partial charge in [0.05, 0.1) is 24.3 Å². The number of rotatable bonds is 6. The summed E-state index contributed by atoms with van der Waals surface area (Å²) in [6, 6.07) is 8.98. The van der Waals surface area contributed by atoms with Crippen LogP contribution in [0.25, 0.3) is 0 Å². The van der Waals surface area contributed by atoms with Gasteiger partial charge in [-0.3, -0.25) is 34.3 Å². The Balaban J connectivity index is 1.14. The minimum absolute atomic E-state index is 0.0528. The van der Waals surface area contributed by atoms with Crippen LogP contribution in [0.1, 0.15) is 51.1 Å². The van der Waals surface area contributed by atoms with Gasteiger partial charge in [-0.2, -0.15) is 0 Å². The Bertz CT molecular complexity index is 1320. The maximum Gasteiger partial charge on any atom is 0.264 e. The van der Waals surface area contributed by atoms with Crippen LogP contribution in [0.3, 0.4) is 0 Å². The topological polar surface area (TPSA) is 108 Å². The number of imide groups is 2. The van der Waals surface area contributed by atoms with Gasteiger partial charge in [0.1, 0.15) is 11.9 Å². The first-order chi connectivity index (χ1) is 17.8. The molecule has 1 atom stereocenters. The van der Waals surface area contributed by atoms with Crippen molar-refractivity contribution in [3.05, 3.63) is 64.5 Å². The number of benzene rings is 2. The van der Waals surface area contributed by atoms with Gasteiger partial charge in [0.15, 0.2) is 0 Å². The van der Waals surface area contributed by atoms with Gasteiger partial charge in [0.25, 0.3) is 11.8 Å². The van der Waals surface area contributed by atoms with Gasteiger partial charge in [-0.1, -0.05) is 18.2 Å². The van der Waals surface area contributed by atoms with E-state index in [1.54, 1.807) is 24.3 Å². The van der Waals surface area contributed by atoms with Crippen molar-refractivity contribution in [2.45, 2.75) is 38.4 Å². The SMILES string of the molecule is O=C1CCC(N2C(=O)c3cccc(NCc4ccc(CN5CCC6(COC6)C5)cc4F)c3C2=O)C(=O)N1. The molecule has 4 aliphatic rings. The van der Waals surface area contributed by atoms with E-state index in [1.165, 1.54) is 6.07 Å². The molecule has 4 amide bonds.